The van der Waals surface area contributed by atoms with E-state index in [0.717, 1.165) is 13.0 Å². The third-order valence-electron chi connectivity index (χ3n) is 1.89. The SMILES string of the molecule is CCC(CC(N)=NO)NCC(C)C. The number of nitrogens with two attached hydrogens (primary N) is 1. The van der Waals surface area contributed by atoms with Crippen molar-refractivity contribution >= 4 is 5.84 Å². The van der Waals surface area contributed by atoms with E-state index in [-0.39, 0.29) is 0 Å². The maximum Gasteiger partial charge on any atom is 0.140 e. The lowest BCUT2D eigenvalue weighted by atomic mass is 10.1. The van der Waals surface area contributed by atoms with Crippen molar-refractivity contribution in [3.05, 3.63) is 0 Å². The molecule has 13 heavy (non-hydrogen) atoms. The zero-order valence-electron chi connectivity index (χ0n) is 8.75. The molecule has 0 saturated carbocycles. The van der Waals surface area contributed by atoms with Gasteiger partial charge in [-0.1, -0.05) is 25.9 Å². The third-order valence-corrected chi connectivity index (χ3v) is 1.89. The van der Waals surface area contributed by atoms with Crippen LogP contribution in [0.3, 0.4) is 0 Å². The summed E-state index contributed by atoms with van der Waals surface area (Å²) in [5, 5.41) is 14.7. The van der Waals surface area contributed by atoms with Gasteiger partial charge in [0.15, 0.2) is 0 Å². The maximum absolute atomic E-state index is 8.39. The Morgan fingerprint density at radius 1 is 1.54 bits per heavy atom. The minimum Gasteiger partial charge on any atom is -0.409 e. The van der Waals surface area contributed by atoms with Crippen LogP contribution in [0.4, 0.5) is 0 Å². The summed E-state index contributed by atoms with van der Waals surface area (Å²) in [7, 11) is 0. The summed E-state index contributed by atoms with van der Waals surface area (Å²) < 4.78 is 0. The van der Waals surface area contributed by atoms with Crippen LogP contribution in [0.5, 0.6) is 0 Å². The molecular weight excluding hydrogens is 166 g/mol. The Bertz CT molecular complexity index is 157. The highest BCUT2D eigenvalue weighted by Gasteiger charge is 2.08. The molecule has 4 nitrogen and oxygen atoms in total. The summed E-state index contributed by atoms with van der Waals surface area (Å²) in [4.78, 5) is 0. The predicted octanol–water partition coefficient (Wildman–Crippen LogP) is 1.15. The molecule has 0 rings (SSSR count). The molecule has 0 radical (unpaired) electrons. The van der Waals surface area contributed by atoms with Crippen LogP contribution in [0.25, 0.3) is 0 Å². The molecule has 78 valence electrons. The quantitative estimate of drug-likeness (QED) is 0.253. The Hall–Kier alpha value is -0.770. The molecule has 1 atom stereocenters. The molecule has 1 unspecified atom stereocenters. The van der Waals surface area contributed by atoms with Gasteiger partial charge in [0.2, 0.25) is 0 Å². The second-order valence-corrected chi connectivity index (χ2v) is 3.70. The zero-order chi connectivity index (χ0) is 10.3. The van der Waals surface area contributed by atoms with Crippen molar-refractivity contribution in [3.63, 3.8) is 0 Å². The molecule has 0 amide bonds. The summed E-state index contributed by atoms with van der Waals surface area (Å²) in [6.07, 6.45) is 1.60. The number of rotatable bonds is 6. The number of nitrogens with zero attached hydrogens (tertiary/aromatic N) is 1. The summed E-state index contributed by atoms with van der Waals surface area (Å²) in [6.45, 7) is 7.37. The Morgan fingerprint density at radius 3 is 2.54 bits per heavy atom. The molecule has 4 N–H and O–H groups in total. The first kappa shape index (κ1) is 12.2. The van der Waals surface area contributed by atoms with E-state index in [0.29, 0.717) is 24.2 Å². The van der Waals surface area contributed by atoms with Gasteiger partial charge < -0.3 is 16.3 Å². The smallest absolute Gasteiger partial charge is 0.140 e. The monoisotopic (exact) mass is 187 g/mol. The van der Waals surface area contributed by atoms with Gasteiger partial charge in [-0.25, -0.2) is 0 Å². The minimum absolute atomic E-state index is 0.295. The van der Waals surface area contributed by atoms with E-state index in [1.165, 1.54) is 0 Å². The lowest BCUT2D eigenvalue weighted by Crippen LogP contribution is -2.35. The number of hydrogen-bond donors (Lipinski definition) is 3. The van der Waals surface area contributed by atoms with E-state index < -0.39 is 0 Å². The summed E-state index contributed by atoms with van der Waals surface area (Å²) in [5.74, 6) is 0.921. The zero-order valence-corrected chi connectivity index (χ0v) is 8.75. The largest absolute Gasteiger partial charge is 0.409 e. The highest BCUT2D eigenvalue weighted by atomic mass is 16.4. The Kier molecular flexibility index (Phi) is 6.32. The summed E-state index contributed by atoms with van der Waals surface area (Å²) >= 11 is 0. The first-order chi connectivity index (χ1) is 6.10. The number of oxime groups is 1. The lowest BCUT2D eigenvalue weighted by molar-refractivity contribution is 0.315. The van der Waals surface area contributed by atoms with Gasteiger partial charge in [-0.2, -0.15) is 0 Å². The number of amidine groups is 1. The second kappa shape index (κ2) is 6.71. The first-order valence-electron chi connectivity index (χ1n) is 4.79. The Morgan fingerprint density at radius 2 is 2.15 bits per heavy atom. The van der Waals surface area contributed by atoms with Gasteiger partial charge in [-0.05, 0) is 18.9 Å². The number of hydrogen-bond acceptors (Lipinski definition) is 3. The van der Waals surface area contributed by atoms with Crippen molar-refractivity contribution in [1.82, 2.24) is 5.32 Å². The van der Waals surface area contributed by atoms with Gasteiger partial charge >= 0.3 is 0 Å². The fraction of sp³-hybridized carbons (Fsp3) is 0.889. The lowest BCUT2D eigenvalue weighted by Gasteiger charge is -2.17. The molecule has 0 spiro atoms. The van der Waals surface area contributed by atoms with E-state index in [4.69, 9.17) is 10.9 Å². The molecule has 0 heterocycles. The van der Waals surface area contributed by atoms with Crippen LogP contribution in [-0.4, -0.2) is 23.6 Å². The average molecular weight is 187 g/mol. The molecule has 0 fully saturated rings. The summed E-state index contributed by atoms with van der Waals surface area (Å²) in [6, 6.07) is 0.318. The van der Waals surface area contributed by atoms with Crippen LogP contribution < -0.4 is 11.1 Å². The van der Waals surface area contributed by atoms with E-state index >= 15 is 0 Å². The van der Waals surface area contributed by atoms with Gasteiger partial charge in [-0.3, -0.25) is 0 Å². The van der Waals surface area contributed by atoms with Crippen molar-refractivity contribution in [2.24, 2.45) is 16.8 Å². The third kappa shape index (κ3) is 6.40. The molecular formula is C9H21N3O. The first-order valence-corrected chi connectivity index (χ1v) is 4.79. The van der Waals surface area contributed by atoms with E-state index in [1.54, 1.807) is 0 Å². The number of nitrogens with one attached hydrogen (secondary N) is 1. The normalized spacial score (nSPS) is 14.9. The Labute approximate surface area is 80.2 Å². The molecule has 4 heteroatoms. The molecule has 0 aliphatic rings. The van der Waals surface area contributed by atoms with Crippen LogP contribution in [0, 0.1) is 5.92 Å². The molecule has 0 saturated heterocycles. The van der Waals surface area contributed by atoms with Gasteiger partial charge in [-0.15, -0.1) is 0 Å². The van der Waals surface area contributed by atoms with Gasteiger partial charge in [0.05, 0.1) is 0 Å². The molecule has 0 aliphatic heterocycles. The van der Waals surface area contributed by atoms with E-state index in [2.05, 4.69) is 31.2 Å². The molecule has 0 aromatic rings. The standard InChI is InChI=1S/C9H21N3O/c1-4-8(5-9(10)12-13)11-6-7(2)3/h7-8,11,13H,4-6H2,1-3H3,(H2,10,12). The van der Waals surface area contributed by atoms with Crippen LogP contribution in [0.1, 0.15) is 33.6 Å². The van der Waals surface area contributed by atoms with Crippen LogP contribution in [0.2, 0.25) is 0 Å². The van der Waals surface area contributed by atoms with Crippen LogP contribution >= 0.6 is 0 Å². The highest BCUT2D eigenvalue weighted by Crippen LogP contribution is 1.99. The van der Waals surface area contributed by atoms with Crippen molar-refractivity contribution < 1.29 is 5.21 Å². The second-order valence-electron chi connectivity index (χ2n) is 3.70. The van der Waals surface area contributed by atoms with Gasteiger partial charge in [0, 0.05) is 12.5 Å². The topological polar surface area (TPSA) is 70.6 Å². The fourth-order valence-electron chi connectivity index (χ4n) is 1.06. The summed E-state index contributed by atoms with van der Waals surface area (Å²) in [5.41, 5.74) is 5.42. The molecule has 0 bridgehead atoms. The van der Waals surface area contributed by atoms with Crippen LogP contribution in [0.15, 0.2) is 5.16 Å². The average Bonchev–Trinajstić information content (AvgIpc) is 2.11. The molecule has 0 aromatic carbocycles. The van der Waals surface area contributed by atoms with Crippen molar-refractivity contribution in [2.45, 2.75) is 39.7 Å². The molecule has 0 aromatic heterocycles. The van der Waals surface area contributed by atoms with E-state index in [9.17, 15) is 0 Å². The van der Waals surface area contributed by atoms with Gasteiger partial charge in [0.1, 0.15) is 5.84 Å². The van der Waals surface area contributed by atoms with E-state index in [1.807, 2.05) is 0 Å². The predicted molar refractivity (Wildman–Crippen MR) is 54.9 cm³/mol. The Balaban J connectivity index is 3.76. The fourth-order valence-corrected chi connectivity index (χ4v) is 1.06. The minimum atomic E-state index is 0.295. The van der Waals surface area contributed by atoms with Gasteiger partial charge in [0.25, 0.3) is 0 Å². The van der Waals surface area contributed by atoms with Crippen LogP contribution in [-0.2, 0) is 0 Å². The van der Waals surface area contributed by atoms with Crippen molar-refractivity contribution in [2.75, 3.05) is 6.54 Å². The molecule has 0 aliphatic carbocycles. The van der Waals surface area contributed by atoms with Crippen molar-refractivity contribution in [3.8, 4) is 0 Å². The van der Waals surface area contributed by atoms with Crippen molar-refractivity contribution in [1.29, 1.82) is 0 Å². The highest BCUT2D eigenvalue weighted by molar-refractivity contribution is 5.80. The maximum atomic E-state index is 8.39.